The molecule has 1 aliphatic rings. The number of fused-ring (bicyclic) bond motifs is 1. The molecule has 1 heterocycles. The van der Waals surface area contributed by atoms with Gasteiger partial charge < -0.3 is 5.73 Å². The van der Waals surface area contributed by atoms with Gasteiger partial charge in [0.25, 0.3) is 0 Å². The maximum atomic E-state index is 6.56. The first-order chi connectivity index (χ1) is 9.94. The van der Waals surface area contributed by atoms with Crippen molar-refractivity contribution in [2.75, 3.05) is 0 Å². The second kappa shape index (κ2) is 5.42. The summed E-state index contributed by atoms with van der Waals surface area (Å²) >= 11 is 0. The third-order valence-electron chi connectivity index (χ3n) is 5.13. The summed E-state index contributed by atoms with van der Waals surface area (Å²) in [5.74, 6) is 0.619. The lowest BCUT2D eigenvalue weighted by Crippen LogP contribution is -2.29. The molecule has 2 aromatic rings. The molecule has 1 aromatic carbocycles. The Morgan fingerprint density at radius 3 is 2.57 bits per heavy atom. The van der Waals surface area contributed by atoms with Crippen LogP contribution in [0.15, 0.2) is 30.3 Å². The van der Waals surface area contributed by atoms with Crippen LogP contribution >= 0.6 is 0 Å². The van der Waals surface area contributed by atoms with Crippen molar-refractivity contribution in [2.45, 2.75) is 52.5 Å². The molecule has 21 heavy (non-hydrogen) atoms. The topological polar surface area (TPSA) is 38.9 Å². The number of nitrogens with zero attached hydrogens (tertiary/aromatic N) is 1. The summed E-state index contributed by atoms with van der Waals surface area (Å²) in [7, 11) is 0. The number of benzene rings is 1. The summed E-state index contributed by atoms with van der Waals surface area (Å²) in [5, 5.41) is 1.20. The summed E-state index contributed by atoms with van der Waals surface area (Å²) in [6.07, 6.45) is 5.08. The highest BCUT2D eigenvalue weighted by Crippen LogP contribution is 2.42. The van der Waals surface area contributed by atoms with E-state index in [2.05, 4.69) is 49.2 Å². The van der Waals surface area contributed by atoms with E-state index in [9.17, 15) is 0 Å². The van der Waals surface area contributed by atoms with E-state index in [0.29, 0.717) is 11.3 Å². The highest BCUT2D eigenvalue weighted by atomic mass is 14.7. The summed E-state index contributed by atoms with van der Waals surface area (Å²) < 4.78 is 0. The number of rotatable bonds is 2. The van der Waals surface area contributed by atoms with Gasteiger partial charge in [-0.3, -0.25) is 4.98 Å². The number of hydrogen-bond donors (Lipinski definition) is 1. The van der Waals surface area contributed by atoms with Crippen molar-refractivity contribution in [1.29, 1.82) is 0 Å². The number of nitrogens with two attached hydrogens (primary N) is 1. The second-order valence-electron chi connectivity index (χ2n) is 7.43. The highest BCUT2D eigenvalue weighted by molar-refractivity contribution is 5.79. The Morgan fingerprint density at radius 1 is 1.14 bits per heavy atom. The minimum absolute atomic E-state index is 0.159. The zero-order valence-corrected chi connectivity index (χ0v) is 13.4. The minimum Gasteiger partial charge on any atom is -0.324 e. The fourth-order valence-electron chi connectivity index (χ4n) is 3.51. The summed E-state index contributed by atoms with van der Waals surface area (Å²) in [6.45, 7) is 6.78. The number of aromatic nitrogens is 1. The molecule has 1 unspecified atom stereocenters. The molecule has 2 nitrogen and oxygen atoms in total. The number of pyridine rings is 1. The van der Waals surface area contributed by atoms with Crippen molar-refractivity contribution in [3.8, 4) is 0 Å². The molecule has 3 rings (SSSR count). The third kappa shape index (κ3) is 3.11. The molecule has 1 aromatic heterocycles. The standard InChI is InChI=1S/C19H26N2/c1-13-4-5-15-12-16(6-7-17(15)21-13)18(20)14-8-10-19(2,3)11-9-14/h4-7,12,14,18H,8-11,20H2,1-3H3. The van der Waals surface area contributed by atoms with E-state index in [0.717, 1.165) is 11.2 Å². The maximum Gasteiger partial charge on any atom is 0.0705 e. The van der Waals surface area contributed by atoms with Crippen LogP contribution in [-0.4, -0.2) is 4.98 Å². The largest absolute Gasteiger partial charge is 0.324 e. The second-order valence-corrected chi connectivity index (χ2v) is 7.43. The zero-order valence-electron chi connectivity index (χ0n) is 13.4. The van der Waals surface area contributed by atoms with E-state index in [-0.39, 0.29) is 6.04 Å². The van der Waals surface area contributed by atoms with Crippen molar-refractivity contribution in [3.63, 3.8) is 0 Å². The van der Waals surface area contributed by atoms with E-state index >= 15 is 0 Å². The highest BCUT2D eigenvalue weighted by Gasteiger charge is 2.30. The van der Waals surface area contributed by atoms with Crippen LogP contribution in [-0.2, 0) is 0 Å². The molecule has 0 bridgehead atoms. The van der Waals surface area contributed by atoms with Gasteiger partial charge in [0, 0.05) is 17.1 Å². The first-order valence-electron chi connectivity index (χ1n) is 8.07. The smallest absolute Gasteiger partial charge is 0.0705 e. The molecular formula is C19H26N2. The van der Waals surface area contributed by atoms with Crippen LogP contribution < -0.4 is 5.73 Å². The summed E-state index contributed by atoms with van der Waals surface area (Å²) in [5.41, 5.74) is 10.5. The lowest BCUT2D eigenvalue weighted by molar-refractivity contribution is 0.173. The van der Waals surface area contributed by atoms with Crippen LogP contribution in [0.4, 0.5) is 0 Å². The molecule has 1 aliphatic carbocycles. The van der Waals surface area contributed by atoms with Gasteiger partial charge in [0.05, 0.1) is 5.52 Å². The Kier molecular flexibility index (Phi) is 3.75. The molecule has 2 N–H and O–H groups in total. The maximum absolute atomic E-state index is 6.56. The third-order valence-corrected chi connectivity index (χ3v) is 5.13. The van der Waals surface area contributed by atoms with Crippen molar-refractivity contribution < 1.29 is 0 Å². The average molecular weight is 282 g/mol. The van der Waals surface area contributed by atoms with Crippen molar-refractivity contribution in [2.24, 2.45) is 17.1 Å². The number of hydrogen-bond acceptors (Lipinski definition) is 2. The molecule has 112 valence electrons. The molecule has 0 saturated heterocycles. The van der Waals surface area contributed by atoms with Gasteiger partial charge in [0.2, 0.25) is 0 Å². The van der Waals surface area contributed by atoms with Crippen molar-refractivity contribution in [1.82, 2.24) is 4.98 Å². The van der Waals surface area contributed by atoms with Gasteiger partial charge in [-0.2, -0.15) is 0 Å². The van der Waals surface area contributed by atoms with Gasteiger partial charge in [0.1, 0.15) is 0 Å². The fourth-order valence-corrected chi connectivity index (χ4v) is 3.51. The monoisotopic (exact) mass is 282 g/mol. The quantitative estimate of drug-likeness (QED) is 0.862. The SMILES string of the molecule is Cc1ccc2cc(C(N)C3CCC(C)(C)CC3)ccc2n1. The first kappa shape index (κ1) is 14.5. The van der Waals surface area contributed by atoms with E-state index < -0.39 is 0 Å². The molecule has 1 saturated carbocycles. The van der Waals surface area contributed by atoms with Gasteiger partial charge in [-0.05, 0) is 67.7 Å². The van der Waals surface area contributed by atoms with E-state index in [4.69, 9.17) is 5.73 Å². The Morgan fingerprint density at radius 2 is 1.86 bits per heavy atom. The molecule has 0 radical (unpaired) electrons. The summed E-state index contributed by atoms with van der Waals surface area (Å²) in [6, 6.07) is 10.9. The number of aryl methyl sites for hydroxylation is 1. The lowest BCUT2D eigenvalue weighted by Gasteiger charge is -2.37. The fraction of sp³-hybridized carbons (Fsp3) is 0.526. The van der Waals surface area contributed by atoms with Crippen LogP contribution in [0.3, 0.4) is 0 Å². The Balaban J connectivity index is 1.81. The van der Waals surface area contributed by atoms with Crippen LogP contribution in [0, 0.1) is 18.3 Å². The lowest BCUT2D eigenvalue weighted by atomic mass is 9.70. The van der Waals surface area contributed by atoms with Crippen LogP contribution in [0.25, 0.3) is 10.9 Å². The van der Waals surface area contributed by atoms with E-state index in [1.54, 1.807) is 0 Å². The molecule has 1 atom stereocenters. The minimum atomic E-state index is 0.159. The van der Waals surface area contributed by atoms with Gasteiger partial charge in [-0.1, -0.05) is 26.0 Å². The van der Waals surface area contributed by atoms with Crippen molar-refractivity contribution in [3.05, 3.63) is 41.6 Å². The summed E-state index contributed by atoms with van der Waals surface area (Å²) in [4.78, 5) is 4.57. The van der Waals surface area contributed by atoms with E-state index in [1.165, 1.54) is 36.6 Å². The van der Waals surface area contributed by atoms with Crippen LogP contribution in [0.5, 0.6) is 0 Å². The van der Waals surface area contributed by atoms with E-state index in [1.807, 2.05) is 6.92 Å². The molecular weight excluding hydrogens is 256 g/mol. The normalized spacial score (nSPS) is 20.6. The molecule has 0 aliphatic heterocycles. The Bertz CT molecular complexity index is 635. The van der Waals surface area contributed by atoms with Crippen LogP contribution in [0.1, 0.15) is 56.8 Å². The molecule has 2 heteroatoms. The van der Waals surface area contributed by atoms with Gasteiger partial charge in [-0.25, -0.2) is 0 Å². The average Bonchev–Trinajstić information content (AvgIpc) is 2.46. The van der Waals surface area contributed by atoms with Gasteiger partial charge in [0.15, 0.2) is 0 Å². The predicted molar refractivity (Wildman–Crippen MR) is 89.1 cm³/mol. The first-order valence-corrected chi connectivity index (χ1v) is 8.07. The zero-order chi connectivity index (χ0) is 15.0. The molecule has 0 spiro atoms. The molecule has 1 fully saturated rings. The molecule has 0 amide bonds. The van der Waals surface area contributed by atoms with Gasteiger partial charge >= 0.3 is 0 Å². The van der Waals surface area contributed by atoms with Crippen LogP contribution in [0.2, 0.25) is 0 Å². The Hall–Kier alpha value is -1.41. The van der Waals surface area contributed by atoms with Gasteiger partial charge in [-0.15, -0.1) is 0 Å². The van der Waals surface area contributed by atoms with Crippen molar-refractivity contribution >= 4 is 10.9 Å². The Labute approximate surface area is 127 Å². The predicted octanol–water partition coefficient (Wildman–Crippen LogP) is 4.76.